The first-order valence-corrected chi connectivity index (χ1v) is 5.37. The van der Waals surface area contributed by atoms with Crippen LogP contribution in [0.3, 0.4) is 0 Å². The smallest absolute Gasteiger partial charge is 0.175 e. The minimum Gasteiger partial charge on any atom is -0.349 e. The SMILES string of the molecule is C=CCC1(C/C=C/CC)OCCCO1. The molecular weight excluding hydrogens is 176 g/mol. The Labute approximate surface area is 86.6 Å². The summed E-state index contributed by atoms with van der Waals surface area (Å²) < 4.78 is 11.4. The molecule has 0 aromatic rings. The lowest BCUT2D eigenvalue weighted by molar-refractivity contribution is -0.262. The maximum atomic E-state index is 5.71. The van der Waals surface area contributed by atoms with Gasteiger partial charge in [-0.05, 0) is 12.8 Å². The summed E-state index contributed by atoms with van der Waals surface area (Å²) in [6, 6.07) is 0. The summed E-state index contributed by atoms with van der Waals surface area (Å²) in [6.07, 6.45) is 9.79. The van der Waals surface area contributed by atoms with Gasteiger partial charge in [-0.1, -0.05) is 25.2 Å². The molecule has 0 aromatic carbocycles. The van der Waals surface area contributed by atoms with Gasteiger partial charge in [0, 0.05) is 12.8 Å². The van der Waals surface area contributed by atoms with Gasteiger partial charge in [-0.25, -0.2) is 0 Å². The Morgan fingerprint density at radius 3 is 2.50 bits per heavy atom. The topological polar surface area (TPSA) is 18.5 Å². The molecule has 2 heteroatoms. The first-order chi connectivity index (χ1) is 6.83. The summed E-state index contributed by atoms with van der Waals surface area (Å²) in [6.45, 7) is 7.47. The lowest BCUT2D eigenvalue weighted by Crippen LogP contribution is -2.39. The molecule has 0 N–H and O–H groups in total. The minimum atomic E-state index is -0.425. The zero-order chi connectivity index (χ0) is 10.3. The fraction of sp³-hybridized carbons (Fsp3) is 0.667. The van der Waals surface area contributed by atoms with Gasteiger partial charge in [-0.3, -0.25) is 0 Å². The van der Waals surface area contributed by atoms with E-state index in [1.807, 2.05) is 6.08 Å². The Hall–Kier alpha value is -0.600. The Bertz CT molecular complexity index is 190. The summed E-state index contributed by atoms with van der Waals surface area (Å²) in [7, 11) is 0. The van der Waals surface area contributed by atoms with Gasteiger partial charge in [0.15, 0.2) is 5.79 Å². The van der Waals surface area contributed by atoms with Gasteiger partial charge in [-0.15, -0.1) is 6.58 Å². The monoisotopic (exact) mass is 196 g/mol. The lowest BCUT2D eigenvalue weighted by atomic mass is 10.1. The Morgan fingerprint density at radius 1 is 1.21 bits per heavy atom. The van der Waals surface area contributed by atoms with Crippen LogP contribution in [0.25, 0.3) is 0 Å². The molecule has 14 heavy (non-hydrogen) atoms. The molecule has 0 spiro atoms. The van der Waals surface area contributed by atoms with Gasteiger partial charge >= 0.3 is 0 Å². The van der Waals surface area contributed by atoms with Crippen LogP contribution in [0.5, 0.6) is 0 Å². The van der Waals surface area contributed by atoms with Gasteiger partial charge in [0.2, 0.25) is 0 Å². The summed E-state index contributed by atoms with van der Waals surface area (Å²) in [5, 5.41) is 0. The third kappa shape index (κ3) is 3.28. The number of hydrogen-bond acceptors (Lipinski definition) is 2. The van der Waals surface area contributed by atoms with Crippen molar-refractivity contribution in [2.45, 2.75) is 38.4 Å². The predicted octanol–water partition coefficient (Wildman–Crippen LogP) is 3.05. The van der Waals surface area contributed by atoms with Crippen molar-refractivity contribution in [3.05, 3.63) is 24.8 Å². The van der Waals surface area contributed by atoms with Gasteiger partial charge in [0.1, 0.15) is 0 Å². The lowest BCUT2D eigenvalue weighted by Gasteiger charge is -2.35. The molecule has 1 fully saturated rings. The van der Waals surface area contributed by atoms with E-state index in [1.54, 1.807) is 0 Å². The average Bonchev–Trinajstić information content (AvgIpc) is 2.20. The van der Waals surface area contributed by atoms with Crippen LogP contribution >= 0.6 is 0 Å². The maximum absolute atomic E-state index is 5.71. The van der Waals surface area contributed by atoms with Crippen molar-refractivity contribution in [1.29, 1.82) is 0 Å². The minimum absolute atomic E-state index is 0.425. The zero-order valence-electron chi connectivity index (χ0n) is 9.00. The highest BCUT2D eigenvalue weighted by Crippen LogP contribution is 2.27. The zero-order valence-corrected chi connectivity index (χ0v) is 9.00. The van der Waals surface area contributed by atoms with Gasteiger partial charge in [0.05, 0.1) is 13.2 Å². The van der Waals surface area contributed by atoms with E-state index in [-0.39, 0.29) is 0 Å². The molecule has 1 aliphatic heterocycles. The van der Waals surface area contributed by atoms with Crippen LogP contribution in [0, 0.1) is 0 Å². The van der Waals surface area contributed by atoms with Crippen LogP contribution in [0.1, 0.15) is 32.6 Å². The van der Waals surface area contributed by atoms with Crippen molar-refractivity contribution in [2.24, 2.45) is 0 Å². The Morgan fingerprint density at radius 2 is 1.93 bits per heavy atom. The van der Waals surface area contributed by atoms with Crippen LogP contribution in [-0.4, -0.2) is 19.0 Å². The van der Waals surface area contributed by atoms with Crippen molar-refractivity contribution in [1.82, 2.24) is 0 Å². The van der Waals surface area contributed by atoms with E-state index >= 15 is 0 Å². The second-order valence-electron chi connectivity index (χ2n) is 3.54. The first kappa shape index (κ1) is 11.5. The van der Waals surface area contributed by atoms with E-state index in [0.29, 0.717) is 0 Å². The molecule has 0 unspecified atom stereocenters. The first-order valence-electron chi connectivity index (χ1n) is 5.37. The van der Waals surface area contributed by atoms with Crippen LogP contribution in [-0.2, 0) is 9.47 Å². The molecule has 1 rings (SSSR count). The molecule has 1 heterocycles. The number of rotatable bonds is 5. The molecule has 0 aliphatic carbocycles. The molecule has 0 bridgehead atoms. The van der Waals surface area contributed by atoms with Crippen LogP contribution < -0.4 is 0 Å². The Balaban J connectivity index is 2.50. The normalized spacial score (nSPS) is 21.2. The number of hydrogen-bond donors (Lipinski definition) is 0. The van der Waals surface area contributed by atoms with Crippen LogP contribution in [0.2, 0.25) is 0 Å². The predicted molar refractivity (Wildman–Crippen MR) is 58.1 cm³/mol. The molecule has 80 valence electrons. The largest absolute Gasteiger partial charge is 0.349 e. The third-order valence-corrected chi connectivity index (χ3v) is 2.31. The van der Waals surface area contributed by atoms with Crippen molar-refractivity contribution < 1.29 is 9.47 Å². The standard InChI is InChI=1S/C12H20O2/c1-3-5-6-9-12(8-4-2)13-10-7-11-14-12/h4-6H,2-3,7-11H2,1H3/b6-5+. The van der Waals surface area contributed by atoms with Crippen LogP contribution in [0.4, 0.5) is 0 Å². The molecule has 2 nitrogen and oxygen atoms in total. The van der Waals surface area contributed by atoms with Crippen molar-refractivity contribution in [3.8, 4) is 0 Å². The second-order valence-corrected chi connectivity index (χ2v) is 3.54. The van der Waals surface area contributed by atoms with Gasteiger partial charge in [-0.2, -0.15) is 0 Å². The average molecular weight is 196 g/mol. The number of allylic oxidation sites excluding steroid dienone is 1. The van der Waals surface area contributed by atoms with E-state index in [9.17, 15) is 0 Å². The molecule has 0 saturated carbocycles. The van der Waals surface area contributed by atoms with Gasteiger partial charge < -0.3 is 9.47 Å². The summed E-state index contributed by atoms with van der Waals surface area (Å²) in [5.41, 5.74) is 0. The summed E-state index contributed by atoms with van der Waals surface area (Å²) >= 11 is 0. The highest BCUT2D eigenvalue weighted by atomic mass is 16.7. The molecule has 1 aliphatic rings. The molecule has 1 saturated heterocycles. The summed E-state index contributed by atoms with van der Waals surface area (Å²) in [5.74, 6) is -0.425. The van der Waals surface area contributed by atoms with E-state index < -0.39 is 5.79 Å². The molecule has 0 atom stereocenters. The van der Waals surface area contributed by atoms with Crippen molar-refractivity contribution in [3.63, 3.8) is 0 Å². The van der Waals surface area contributed by atoms with Gasteiger partial charge in [0.25, 0.3) is 0 Å². The highest BCUT2D eigenvalue weighted by Gasteiger charge is 2.31. The van der Waals surface area contributed by atoms with Crippen LogP contribution in [0.15, 0.2) is 24.8 Å². The Kier molecular flexibility index (Phi) is 4.91. The highest BCUT2D eigenvalue weighted by molar-refractivity contribution is 4.92. The quantitative estimate of drug-likeness (QED) is 0.629. The molecular formula is C12H20O2. The van der Waals surface area contributed by atoms with E-state index in [0.717, 1.165) is 38.9 Å². The molecule has 0 amide bonds. The number of ether oxygens (including phenoxy) is 2. The fourth-order valence-corrected chi connectivity index (χ4v) is 1.59. The van der Waals surface area contributed by atoms with E-state index in [4.69, 9.17) is 9.47 Å². The van der Waals surface area contributed by atoms with E-state index in [1.165, 1.54) is 0 Å². The second kappa shape index (κ2) is 5.99. The summed E-state index contributed by atoms with van der Waals surface area (Å²) in [4.78, 5) is 0. The maximum Gasteiger partial charge on any atom is 0.175 e. The van der Waals surface area contributed by atoms with Crippen molar-refractivity contribution in [2.75, 3.05) is 13.2 Å². The third-order valence-electron chi connectivity index (χ3n) is 2.31. The molecule has 0 radical (unpaired) electrons. The molecule has 0 aromatic heterocycles. The van der Waals surface area contributed by atoms with E-state index in [2.05, 4.69) is 25.7 Å². The fourth-order valence-electron chi connectivity index (χ4n) is 1.59. The van der Waals surface area contributed by atoms with Crippen molar-refractivity contribution >= 4 is 0 Å².